The molecule has 7 nitrogen and oxygen atoms in total. The molecule has 0 bridgehead atoms. The van der Waals surface area contributed by atoms with Crippen molar-refractivity contribution in [1.29, 1.82) is 0 Å². The van der Waals surface area contributed by atoms with Crippen molar-refractivity contribution in [2.45, 2.75) is 63.7 Å². The monoisotopic (exact) mass is 448 g/mol. The molecule has 1 aliphatic carbocycles. The second kappa shape index (κ2) is 11.3. The Bertz CT molecular complexity index is 763. The zero-order valence-corrected chi connectivity index (χ0v) is 18.8. The van der Waals surface area contributed by atoms with E-state index in [9.17, 15) is 4.79 Å². The first-order valence-corrected chi connectivity index (χ1v) is 11.9. The van der Waals surface area contributed by atoms with Crippen molar-refractivity contribution in [3.05, 3.63) is 28.9 Å². The molecule has 3 heterocycles. The molecular formula is C23H33ClN4O3. The zero-order valence-electron chi connectivity index (χ0n) is 18.0. The summed E-state index contributed by atoms with van der Waals surface area (Å²) >= 11 is 6.45. The van der Waals surface area contributed by atoms with Gasteiger partial charge in [0.2, 0.25) is 0 Å². The number of nitrogens with one attached hydrogen (secondary N) is 2. The third kappa shape index (κ3) is 6.91. The molecule has 2 saturated heterocycles. The topological polar surface area (TPSA) is 75.7 Å². The van der Waals surface area contributed by atoms with Gasteiger partial charge in [0.15, 0.2) is 6.29 Å². The summed E-state index contributed by atoms with van der Waals surface area (Å²) in [4.78, 5) is 24.3. The average Bonchev–Trinajstić information content (AvgIpc) is 3.46. The van der Waals surface area contributed by atoms with E-state index in [4.69, 9.17) is 21.2 Å². The van der Waals surface area contributed by atoms with Crippen molar-refractivity contribution in [2.24, 2.45) is 5.92 Å². The van der Waals surface area contributed by atoms with E-state index in [0.717, 1.165) is 50.3 Å². The lowest BCUT2D eigenvalue weighted by Crippen LogP contribution is -2.32. The third-order valence-electron chi connectivity index (χ3n) is 6.32. The van der Waals surface area contributed by atoms with Crippen molar-refractivity contribution in [2.75, 3.05) is 31.6 Å². The lowest BCUT2D eigenvalue weighted by Gasteiger charge is -2.21. The van der Waals surface area contributed by atoms with Gasteiger partial charge < -0.3 is 15.0 Å². The summed E-state index contributed by atoms with van der Waals surface area (Å²) in [6.07, 6.45) is 14.0. The number of rotatable bonds is 8. The van der Waals surface area contributed by atoms with Gasteiger partial charge in [-0.25, -0.2) is 15.3 Å². The number of likely N-dealkylation sites (tertiary alicyclic amines) is 1. The minimum absolute atomic E-state index is 0.346. The molecule has 0 aromatic carbocycles. The number of anilines is 1. The Morgan fingerprint density at radius 3 is 2.87 bits per heavy atom. The molecule has 3 fully saturated rings. The van der Waals surface area contributed by atoms with Crippen molar-refractivity contribution >= 4 is 29.4 Å². The van der Waals surface area contributed by atoms with Crippen LogP contribution in [-0.4, -0.2) is 54.4 Å². The molecule has 1 aromatic rings. The molecule has 8 heteroatoms. The molecule has 2 aliphatic heterocycles. The van der Waals surface area contributed by atoms with Crippen molar-refractivity contribution in [3.8, 4) is 0 Å². The van der Waals surface area contributed by atoms with E-state index in [2.05, 4.69) is 20.7 Å². The number of carbonyl (C=O) groups is 1. The van der Waals surface area contributed by atoms with Crippen LogP contribution in [0.5, 0.6) is 0 Å². The van der Waals surface area contributed by atoms with Gasteiger partial charge in [-0.3, -0.25) is 4.79 Å². The second-order valence-corrected chi connectivity index (χ2v) is 9.26. The summed E-state index contributed by atoms with van der Waals surface area (Å²) in [5, 5.41) is 4.05. The Morgan fingerprint density at radius 2 is 2.10 bits per heavy atom. The fraction of sp³-hybridized carbons (Fsp3) is 0.652. The summed E-state index contributed by atoms with van der Waals surface area (Å²) in [5.74, 6) is 1.24. The highest BCUT2D eigenvalue weighted by Gasteiger charge is 2.26. The first-order chi connectivity index (χ1) is 15.2. The molecule has 1 saturated carbocycles. The van der Waals surface area contributed by atoms with Crippen LogP contribution in [0.25, 0.3) is 6.08 Å². The van der Waals surface area contributed by atoms with Crippen LogP contribution < -0.4 is 10.8 Å². The number of aromatic nitrogens is 1. The van der Waals surface area contributed by atoms with Gasteiger partial charge in [0.1, 0.15) is 5.82 Å². The number of hydrogen-bond acceptors (Lipinski definition) is 6. The van der Waals surface area contributed by atoms with E-state index < -0.39 is 0 Å². The minimum atomic E-state index is -0.364. The van der Waals surface area contributed by atoms with Crippen LogP contribution in [0.4, 0.5) is 5.82 Å². The molecule has 4 rings (SSSR count). The van der Waals surface area contributed by atoms with Crippen LogP contribution in [0.2, 0.25) is 5.02 Å². The molecule has 3 aliphatic rings. The average molecular weight is 449 g/mol. The molecule has 31 heavy (non-hydrogen) atoms. The van der Waals surface area contributed by atoms with Crippen molar-refractivity contribution < 1.29 is 14.4 Å². The molecule has 2 N–H and O–H groups in total. The molecule has 1 aromatic heterocycles. The molecule has 1 amide bonds. The van der Waals surface area contributed by atoms with Gasteiger partial charge >= 0.3 is 0 Å². The maximum absolute atomic E-state index is 11.9. The molecule has 0 spiro atoms. The molecule has 0 radical (unpaired) electrons. The number of halogens is 1. The lowest BCUT2D eigenvalue weighted by molar-refractivity contribution is -0.198. The van der Waals surface area contributed by atoms with Crippen molar-refractivity contribution in [3.63, 3.8) is 0 Å². The Labute approximate surface area is 189 Å². The van der Waals surface area contributed by atoms with E-state index >= 15 is 0 Å². The number of hydrogen-bond donors (Lipinski definition) is 2. The number of carbonyl (C=O) groups excluding carboxylic acids is 1. The standard InChI is InChI=1S/C23H33ClN4O3/c24-20-13-18(8-9-21(29)27-31-22-7-3-4-12-30-22)14-25-23(20)26-19-10-11-28(16-19)15-17-5-1-2-6-17/h8-9,13-14,17,19,22H,1-7,10-12,15-16H2,(H,25,26)(H,27,29)/b9-8+/t19-,22?/m1/s1. The number of pyridine rings is 1. The minimum Gasteiger partial charge on any atom is -0.365 e. The van der Waals surface area contributed by atoms with Crippen LogP contribution in [0.3, 0.4) is 0 Å². The van der Waals surface area contributed by atoms with Crippen LogP contribution in [0.1, 0.15) is 56.9 Å². The quantitative estimate of drug-likeness (QED) is 0.462. The lowest BCUT2D eigenvalue weighted by atomic mass is 10.1. The largest absolute Gasteiger partial charge is 0.365 e. The Balaban J connectivity index is 1.22. The molecule has 2 atom stereocenters. The Morgan fingerprint density at radius 1 is 1.26 bits per heavy atom. The Kier molecular flexibility index (Phi) is 8.19. The zero-order chi connectivity index (χ0) is 21.5. The van der Waals surface area contributed by atoms with Gasteiger partial charge in [-0.2, -0.15) is 0 Å². The van der Waals surface area contributed by atoms with Gasteiger partial charge in [0.05, 0.1) is 5.02 Å². The van der Waals surface area contributed by atoms with Gasteiger partial charge in [-0.1, -0.05) is 24.4 Å². The number of amides is 1. The molecular weight excluding hydrogens is 416 g/mol. The van der Waals surface area contributed by atoms with Crippen LogP contribution >= 0.6 is 11.6 Å². The van der Waals surface area contributed by atoms with E-state index in [1.807, 2.05) is 6.07 Å². The Hall–Kier alpha value is -1.67. The summed E-state index contributed by atoms with van der Waals surface area (Å²) in [7, 11) is 0. The van der Waals surface area contributed by atoms with Crippen molar-refractivity contribution in [1.82, 2.24) is 15.4 Å². The van der Waals surface area contributed by atoms with Gasteiger partial charge in [-0.05, 0) is 55.7 Å². The second-order valence-electron chi connectivity index (χ2n) is 8.85. The fourth-order valence-electron chi connectivity index (χ4n) is 4.65. The number of nitrogens with zero attached hydrogens (tertiary/aromatic N) is 2. The van der Waals surface area contributed by atoms with E-state index in [1.54, 1.807) is 12.3 Å². The summed E-state index contributed by atoms with van der Waals surface area (Å²) in [5.41, 5.74) is 3.16. The summed E-state index contributed by atoms with van der Waals surface area (Å²) in [6, 6.07) is 2.19. The van der Waals surface area contributed by atoms with E-state index in [-0.39, 0.29) is 12.2 Å². The third-order valence-corrected chi connectivity index (χ3v) is 6.61. The highest BCUT2D eigenvalue weighted by atomic mass is 35.5. The van der Waals surface area contributed by atoms with Crippen LogP contribution in [-0.2, 0) is 14.4 Å². The van der Waals surface area contributed by atoms with Gasteiger partial charge in [0, 0.05) is 51.0 Å². The van der Waals surface area contributed by atoms with E-state index in [1.165, 1.54) is 38.3 Å². The first-order valence-electron chi connectivity index (χ1n) is 11.6. The maximum Gasteiger partial charge on any atom is 0.267 e. The normalized spacial score (nSPS) is 25.3. The van der Waals surface area contributed by atoms with Crippen LogP contribution in [0.15, 0.2) is 18.3 Å². The highest BCUT2D eigenvalue weighted by Crippen LogP contribution is 2.28. The van der Waals surface area contributed by atoms with E-state index in [0.29, 0.717) is 23.5 Å². The summed E-state index contributed by atoms with van der Waals surface area (Å²) in [6.45, 7) is 4.07. The smallest absolute Gasteiger partial charge is 0.267 e. The summed E-state index contributed by atoms with van der Waals surface area (Å²) < 4.78 is 5.42. The predicted molar refractivity (Wildman–Crippen MR) is 122 cm³/mol. The fourth-order valence-corrected chi connectivity index (χ4v) is 4.88. The number of ether oxygens (including phenoxy) is 1. The van der Waals surface area contributed by atoms with Gasteiger partial charge in [-0.15, -0.1) is 0 Å². The SMILES string of the molecule is O=C(/C=C/c1cnc(N[C@@H]2CCN(CC3CCCC3)C2)c(Cl)c1)NOC1CCCCO1. The predicted octanol–water partition coefficient (Wildman–Crippen LogP) is 4.00. The van der Waals surface area contributed by atoms with Crippen LogP contribution in [0, 0.1) is 5.92 Å². The molecule has 1 unspecified atom stereocenters. The molecule has 170 valence electrons. The first kappa shape index (κ1) is 22.5. The maximum atomic E-state index is 11.9. The highest BCUT2D eigenvalue weighted by molar-refractivity contribution is 6.33. The number of hydroxylamine groups is 1. The van der Waals surface area contributed by atoms with Gasteiger partial charge in [0.25, 0.3) is 5.91 Å².